The maximum absolute atomic E-state index is 6.02. The Morgan fingerprint density at radius 2 is 1.78 bits per heavy atom. The molecule has 2 aromatic carbocycles. The molecule has 1 aliphatic heterocycles. The lowest BCUT2D eigenvalue weighted by molar-refractivity contribution is 0.0342. The van der Waals surface area contributed by atoms with Crippen molar-refractivity contribution in [2.75, 3.05) is 40.0 Å². The van der Waals surface area contributed by atoms with Gasteiger partial charge in [-0.2, -0.15) is 0 Å². The van der Waals surface area contributed by atoms with Gasteiger partial charge < -0.3 is 20.1 Å². The molecule has 0 bridgehead atoms. The predicted molar refractivity (Wildman–Crippen MR) is 140 cm³/mol. The van der Waals surface area contributed by atoms with Gasteiger partial charge in [0.15, 0.2) is 5.96 Å². The Bertz CT molecular complexity index is 867. The van der Waals surface area contributed by atoms with Gasteiger partial charge in [0, 0.05) is 45.3 Å². The van der Waals surface area contributed by atoms with E-state index in [-0.39, 0.29) is 24.0 Å². The van der Waals surface area contributed by atoms with Crippen molar-refractivity contribution in [2.24, 2.45) is 10.9 Å². The number of rotatable bonds is 9. The van der Waals surface area contributed by atoms with Crippen molar-refractivity contribution in [3.8, 4) is 5.75 Å². The first-order chi connectivity index (χ1) is 15.3. The Hall–Kier alpha value is -1.84. The van der Waals surface area contributed by atoms with Gasteiger partial charge in [-0.15, -0.1) is 24.0 Å². The van der Waals surface area contributed by atoms with E-state index in [4.69, 9.17) is 9.47 Å². The van der Waals surface area contributed by atoms with Crippen LogP contribution in [0, 0.1) is 5.92 Å². The fraction of sp³-hybridized carbons (Fsp3) is 0.480. The first kappa shape index (κ1) is 24.8. The van der Waals surface area contributed by atoms with Gasteiger partial charge in [-0.05, 0) is 36.0 Å². The third kappa shape index (κ3) is 7.94. The SMILES string of the molecule is CN=C(NCc1cccc(CN2CCOCC2)c1)NCc1ccccc1OCC1CC1.I. The number of ether oxygens (including phenoxy) is 2. The quantitative estimate of drug-likeness (QED) is 0.283. The summed E-state index contributed by atoms with van der Waals surface area (Å²) >= 11 is 0. The summed E-state index contributed by atoms with van der Waals surface area (Å²) < 4.78 is 11.5. The largest absolute Gasteiger partial charge is 0.493 e. The molecule has 1 aliphatic carbocycles. The summed E-state index contributed by atoms with van der Waals surface area (Å²) in [5.74, 6) is 2.50. The lowest BCUT2D eigenvalue weighted by Crippen LogP contribution is -2.36. The monoisotopic (exact) mass is 550 g/mol. The van der Waals surface area contributed by atoms with Crippen LogP contribution >= 0.6 is 24.0 Å². The Morgan fingerprint density at radius 3 is 2.56 bits per heavy atom. The maximum Gasteiger partial charge on any atom is 0.191 e. The van der Waals surface area contributed by atoms with Crippen molar-refractivity contribution in [2.45, 2.75) is 32.5 Å². The maximum atomic E-state index is 6.02. The van der Waals surface area contributed by atoms with E-state index in [9.17, 15) is 0 Å². The zero-order chi connectivity index (χ0) is 21.3. The molecular weight excluding hydrogens is 515 g/mol. The molecule has 2 N–H and O–H groups in total. The summed E-state index contributed by atoms with van der Waals surface area (Å²) in [7, 11) is 1.81. The highest BCUT2D eigenvalue weighted by Crippen LogP contribution is 2.30. The van der Waals surface area contributed by atoms with E-state index in [1.54, 1.807) is 7.05 Å². The number of aliphatic imine (C=N–C) groups is 1. The van der Waals surface area contributed by atoms with E-state index < -0.39 is 0 Å². The number of hydrogen-bond acceptors (Lipinski definition) is 4. The highest BCUT2D eigenvalue weighted by atomic mass is 127. The van der Waals surface area contributed by atoms with Crippen molar-refractivity contribution in [3.63, 3.8) is 0 Å². The number of morpholine rings is 1. The zero-order valence-corrected chi connectivity index (χ0v) is 21.2. The average Bonchev–Trinajstić information content (AvgIpc) is 3.64. The lowest BCUT2D eigenvalue weighted by atomic mass is 10.1. The standard InChI is InChI=1S/C25H34N4O2.HI/c1-26-25(28-17-23-7-2-3-8-24(23)31-19-20-9-10-20)27-16-21-5-4-6-22(15-21)18-29-11-13-30-14-12-29;/h2-8,15,20H,9-14,16-19H2,1H3,(H2,26,27,28);1H. The zero-order valence-electron chi connectivity index (χ0n) is 18.9. The lowest BCUT2D eigenvalue weighted by Gasteiger charge is -2.26. The van der Waals surface area contributed by atoms with Crippen molar-refractivity contribution in [1.29, 1.82) is 0 Å². The average molecular weight is 550 g/mol. The van der Waals surface area contributed by atoms with Crippen LogP contribution in [-0.2, 0) is 24.4 Å². The van der Waals surface area contributed by atoms with Gasteiger partial charge in [0.25, 0.3) is 0 Å². The number of halogens is 1. The van der Waals surface area contributed by atoms with Gasteiger partial charge in [0.2, 0.25) is 0 Å². The Balaban J connectivity index is 0.00000289. The predicted octanol–water partition coefficient (Wildman–Crippen LogP) is 3.79. The van der Waals surface area contributed by atoms with Gasteiger partial charge in [0.05, 0.1) is 19.8 Å². The van der Waals surface area contributed by atoms with Gasteiger partial charge in [0.1, 0.15) is 5.75 Å². The second kappa shape index (κ2) is 13.0. The van der Waals surface area contributed by atoms with Crippen LogP contribution in [0.3, 0.4) is 0 Å². The van der Waals surface area contributed by atoms with Crippen LogP contribution in [-0.4, -0.2) is 50.8 Å². The molecule has 6 nitrogen and oxygen atoms in total. The van der Waals surface area contributed by atoms with Gasteiger partial charge in [-0.25, -0.2) is 0 Å². The van der Waals surface area contributed by atoms with Crippen LogP contribution < -0.4 is 15.4 Å². The van der Waals surface area contributed by atoms with Gasteiger partial charge in [-0.3, -0.25) is 9.89 Å². The number of guanidine groups is 1. The fourth-order valence-electron chi connectivity index (χ4n) is 3.72. The molecule has 1 saturated carbocycles. The normalized spacial score (nSPS) is 16.8. The first-order valence-corrected chi connectivity index (χ1v) is 11.3. The molecule has 0 radical (unpaired) electrons. The molecule has 0 amide bonds. The molecule has 7 heteroatoms. The number of hydrogen-bond donors (Lipinski definition) is 2. The fourth-order valence-corrected chi connectivity index (χ4v) is 3.72. The van der Waals surface area contributed by atoms with Gasteiger partial charge in [-0.1, -0.05) is 42.5 Å². The first-order valence-electron chi connectivity index (χ1n) is 11.3. The molecule has 0 aromatic heterocycles. The number of para-hydroxylation sites is 1. The molecule has 0 atom stereocenters. The Labute approximate surface area is 208 Å². The third-order valence-corrected chi connectivity index (χ3v) is 5.78. The Morgan fingerprint density at radius 1 is 1.03 bits per heavy atom. The van der Waals surface area contributed by atoms with Crippen LogP contribution in [0.5, 0.6) is 5.75 Å². The molecule has 32 heavy (non-hydrogen) atoms. The van der Waals surface area contributed by atoms with Crippen molar-refractivity contribution in [3.05, 3.63) is 65.2 Å². The van der Waals surface area contributed by atoms with E-state index in [0.29, 0.717) is 6.54 Å². The molecule has 1 saturated heterocycles. The van der Waals surface area contributed by atoms with Crippen LogP contribution in [0.25, 0.3) is 0 Å². The van der Waals surface area contributed by atoms with E-state index in [2.05, 4.69) is 63.0 Å². The number of nitrogens with zero attached hydrogens (tertiary/aromatic N) is 2. The van der Waals surface area contributed by atoms with Crippen molar-refractivity contribution < 1.29 is 9.47 Å². The minimum Gasteiger partial charge on any atom is -0.493 e. The third-order valence-electron chi connectivity index (χ3n) is 5.78. The van der Waals surface area contributed by atoms with Crippen molar-refractivity contribution in [1.82, 2.24) is 15.5 Å². The second-order valence-electron chi connectivity index (χ2n) is 8.35. The topological polar surface area (TPSA) is 58.1 Å². The molecule has 2 aromatic rings. The molecule has 0 unspecified atom stereocenters. The number of nitrogens with one attached hydrogen (secondary N) is 2. The Kier molecular flexibility index (Phi) is 10.1. The van der Waals surface area contributed by atoms with E-state index >= 15 is 0 Å². The summed E-state index contributed by atoms with van der Waals surface area (Å²) in [5, 5.41) is 6.85. The highest BCUT2D eigenvalue weighted by molar-refractivity contribution is 14.0. The van der Waals surface area contributed by atoms with Gasteiger partial charge >= 0.3 is 0 Å². The van der Waals surface area contributed by atoms with Crippen LogP contribution in [0.2, 0.25) is 0 Å². The van der Waals surface area contributed by atoms with E-state index in [1.165, 1.54) is 24.0 Å². The molecule has 0 spiro atoms. The smallest absolute Gasteiger partial charge is 0.191 e. The summed E-state index contributed by atoms with van der Waals surface area (Å²) in [6, 6.07) is 17.0. The van der Waals surface area contributed by atoms with Crippen LogP contribution in [0.4, 0.5) is 0 Å². The van der Waals surface area contributed by atoms with Crippen LogP contribution in [0.1, 0.15) is 29.5 Å². The second-order valence-corrected chi connectivity index (χ2v) is 8.35. The summed E-state index contributed by atoms with van der Waals surface area (Å²) in [4.78, 5) is 6.82. The molecule has 2 fully saturated rings. The summed E-state index contributed by atoms with van der Waals surface area (Å²) in [6.45, 7) is 6.88. The molecule has 4 rings (SSSR count). The highest BCUT2D eigenvalue weighted by Gasteiger charge is 2.22. The van der Waals surface area contributed by atoms with E-state index in [0.717, 1.165) is 69.2 Å². The van der Waals surface area contributed by atoms with Crippen LogP contribution in [0.15, 0.2) is 53.5 Å². The number of benzene rings is 2. The molecule has 1 heterocycles. The minimum atomic E-state index is 0. The van der Waals surface area contributed by atoms with E-state index in [1.807, 2.05) is 6.07 Å². The molecule has 174 valence electrons. The molecular formula is C25H35IN4O2. The van der Waals surface area contributed by atoms with Crippen molar-refractivity contribution >= 4 is 29.9 Å². The molecule has 2 aliphatic rings. The minimum absolute atomic E-state index is 0. The summed E-state index contributed by atoms with van der Waals surface area (Å²) in [5.41, 5.74) is 3.74. The summed E-state index contributed by atoms with van der Waals surface area (Å²) in [6.07, 6.45) is 2.59.